The van der Waals surface area contributed by atoms with Crippen LogP contribution in [0.15, 0.2) is 18.2 Å². The lowest BCUT2D eigenvalue weighted by atomic mass is 10.1. The minimum atomic E-state index is -0.595. The Kier molecular flexibility index (Phi) is 4.68. The van der Waals surface area contributed by atoms with Crippen molar-refractivity contribution in [3.05, 3.63) is 33.9 Å². The number of nitro groups is 1. The number of halogens is 1. The smallest absolute Gasteiger partial charge is 0.292 e. The molecule has 0 radical (unpaired) electrons. The Morgan fingerprint density at radius 2 is 2.16 bits per heavy atom. The minimum Gasteiger partial charge on any atom is -0.393 e. The van der Waals surface area contributed by atoms with Crippen LogP contribution in [0.2, 0.25) is 0 Å². The Balaban J connectivity index is 0.00000180. The summed E-state index contributed by atoms with van der Waals surface area (Å²) in [4.78, 5) is 23.8. The number of rotatable bonds is 2. The Morgan fingerprint density at radius 1 is 1.47 bits per heavy atom. The van der Waals surface area contributed by atoms with E-state index in [0.29, 0.717) is 13.1 Å². The van der Waals surface area contributed by atoms with Gasteiger partial charge in [-0.2, -0.15) is 0 Å². The molecule has 104 valence electrons. The van der Waals surface area contributed by atoms with Crippen molar-refractivity contribution in [3.8, 4) is 0 Å². The number of carbonyl (C=O) groups excluding carboxylic acids is 1. The number of hydrogen-bond donors (Lipinski definition) is 2. The molecule has 1 aromatic rings. The summed E-state index contributed by atoms with van der Waals surface area (Å²) >= 11 is 0. The van der Waals surface area contributed by atoms with Gasteiger partial charge in [-0.1, -0.05) is 0 Å². The zero-order chi connectivity index (χ0) is 13.3. The average molecular weight is 287 g/mol. The summed E-state index contributed by atoms with van der Waals surface area (Å²) in [6.07, 6.45) is 0.753. The zero-order valence-electron chi connectivity index (χ0n) is 10.1. The topological polar surface area (TPSA) is 115 Å². The Hall–Kier alpha value is -1.86. The van der Waals surface area contributed by atoms with Gasteiger partial charge < -0.3 is 16.4 Å². The molecule has 8 heteroatoms. The highest BCUT2D eigenvalue weighted by molar-refractivity contribution is 5.95. The van der Waals surface area contributed by atoms with Gasteiger partial charge in [-0.25, -0.2) is 0 Å². The fourth-order valence-electron chi connectivity index (χ4n) is 1.99. The summed E-state index contributed by atoms with van der Waals surface area (Å²) < 4.78 is 0. The van der Waals surface area contributed by atoms with Crippen LogP contribution >= 0.6 is 12.4 Å². The van der Waals surface area contributed by atoms with Crippen LogP contribution in [0.4, 0.5) is 11.4 Å². The van der Waals surface area contributed by atoms with Crippen LogP contribution in [0.25, 0.3) is 0 Å². The molecule has 1 aliphatic heterocycles. The van der Waals surface area contributed by atoms with Crippen LogP contribution in [0, 0.1) is 10.1 Å². The highest BCUT2D eigenvalue weighted by Gasteiger charge is 2.26. The zero-order valence-corrected chi connectivity index (χ0v) is 10.9. The van der Waals surface area contributed by atoms with E-state index in [-0.39, 0.29) is 41.3 Å². The third-order valence-electron chi connectivity index (χ3n) is 2.99. The van der Waals surface area contributed by atoms with Crippen LogP contribution in [0.3, 0.4) is 0 Å². The van der Waals surface area contributed by atoms with E-state index in [4.69, 9.17) is 11.5 Å². The van der Waals surface area contributed by atoms with Crippen LogP contribution in [0.1, 0.15) is 16.8 Å². The molecular formula is C11H15ClN4O3. The highest BCUT2D eigenvalue weighted by Crippen LogP contribution is 2.23. The molecule has 7 nitrogen and oxygen atoms in total. The van der Waals surface area contributed by atoms with Gasteiger partial charge in [0.15, 0.2) is 0 Å². The number of nitro benzene ring substituents is 1. The summed E-state index contributed by atoms with van der Waals surface area (Å²) in [5, 5.41) is 10.8. The maximum atomic E-state index is 12.1. The lowest BCUT2D eigenvalue weighted by Gasteiger charge is -2.15. The summed E-state index contributed by atoms with van der Waals surface area (Å²) in [7, 11) is 0. The number of benzene rings is 1. The first-order chi connectivity index (χ1) is 8.49. The second kappa shape index (κ2) is 5.85. The lowest BCUT2D eigenvalue weighted by Crippen LogP contribution is -2.31. The fraction of sp³-hybridized carbons (Fsp3) is 0.364. The van der Waals surface area contributed by atoms with E-state index in [1.807, 2.05) is 0 Å². The van der Waals surface area contributed by atoms with Crippen LogP contribution in [-0.2, 0) is 0 Å². The van der Waals surface area contributed by atoms with E-state index >= 15 is 0 Å². The van der Waals surface area contributed by atoms with E-state index in [1.54, 1.807) is 4.90 Å². The maximum absolute atomic E-state index is 12.1. The maximum Gasteiger partial charge on any atom is 0.292 e. The third-order valence-corrected chi connectivity index (χ3v) is 2.99. The molecule has 0 aliphatic carbocycles. The Morgan fingerprint density at radius 3 is 2.68 bits per heavy atom. The molecule has 1 amide bonds. The van der Waals surface area contributed by atoms with Crippen molar-refractivity contribution in [1.29, 1.82) is 0 Å². The van der Waals surface area contributed by atoms with E-state index in [2.05, 4.69) is 0 Å². The molecule has 1 saturated heterocycles. The van der Waals surface area contributed by atoms with Crippen LogP contribution < -0.4 is 11.5 Å². The van der Waals surface area contributed by atoms with Crippen molar-refractivity contribution in [2.45, 2.75) is 12.5 Å². The quantitative estimate of drug-likeness (QED) is 0.473. The predicted octanol–water partition coefficient (Wildman–Crippen LogP) is 0.772. The summed E-state index contributed by atoms with van der Waals surface area (Å²) in [6, 6.07) is 4.06. The van der Waals surface area contributed by atoms with Gasteiger partial charge in [0, 0.05) is 30.8 Å². The number of amides is 1. The Bertz CT molecular complexity index is 509. The molecule has 1 atom stereocenters. The largest absolute Gasteiger partial charge is 0.393 e. The van der Waals surface area contributed by atoms with E-state index in [0.717, 1.165) is 6.42 Å². The Labute approximate surface area is 116 Å². The van der Waals surface area contributed by atoms with Gasteiger partial charge in [-0.05, 0) is 18.6 Å². The molecule has 0 saturated carbocycles. The minimum absolute atomic E-state index is 0. The molecule has 0 spiro atoms. The SMILES string of the molecule is Cl.Nc1ccc(C(=O)N2CC[C@@H](N)C2)cc1[N+](=O)[O-]. The van der Waals surface area contributed by atoms with Crippen molar-refractivity contribution in [3.63, 3.8) is 0 Å². The molecule has 1 fully saturated rings. The second-order valence-electron chi connectivity index (χ2n) is 4.33. The first-order valence-electron chi connectivity index (χ1n) is 5.58. The van der Waals surface area contributed by atoms with E-state index in [9.17, 15) is 14.9 Å². The first-order valence-corrected chi connectivity index (χ1v) is 5.58. The van der Waals surface area contributed by atoms with Crippen molar-refractivity contribution < 1.29 is 9.72 Å². The second-order valence-corrected chi connectivity index (χ2v) is 4.33. The number of hydrogen-bond acceptors (Lipinski definition) is 5. The van der Waals surface area contributed by atoms with Gasteiger partial charge >= 0.3 is 0 Å². The van der Waals surface area contributed by atoms with Crippen LogP contribution in [-0.4, -0.2) is 34.9 Å². The number of nitrogens with zero attached hydrogens (tertiary/aromatic N) is 2. The molecule has 0 unspecified atom stereocenters. The fourth-order valence-corrected chi connectivity index (χ4v) is 1.99. The normalized spacial score (nSPS) is 17.9. The molecule has 4 N–H and O–H groups in total. The van der Waals surface area contributed by atoms with E-state index < -0.39 is 4.92 Å². The van der Waals surface area contributed by atoms with Gasteiger partial charge in [0.25, 0.3) is 11.6 Å². The molecule has 0 aromatic heterocycles. The van der Waals surface area contributed by atoms with Gasteiger partial charge in [0.1, 0.15) is 5.69 Å². The number of likely N-dealkylation sites (tertiary alicyclic amines) is 1. The number of anilines is 1. The molecule has 1 heterocycles. The van der Waals surface area contributed by atoms with Crippen molar-refractivity contribution in [2.75, 3.05) is 18.8 Å². The molecule has 19 heavy (non-hydrogen) atoms. The summed E-state index contributed by atoms with van der Waals surface area (Å²) in [6.45, 7) is 1.06. The predicted molar refractivity (Wildman–Crippen MR) is 73.3 cm³/mol. The molecule has 0 bridgehead atoms. The molecule has 2 rings (SSSR count). The van der Waals surface area contributed by atoms with Gasteiger partial charge in [0.05, 0.1) is 4.92 Å². The third kappa shape index (κ3) is 3.12. The van der Waals surface area contributed by atoms with Crippen molar-refractivity contribution >= 4 is 29.7 Å². The monoisotopic (exact) mass is 286 g/mol. The number of nitrogens with two attached hydrogens (primary N) is 2. The van der Waals surface area contributed by atoms with E-state index in [1.165, 1.54) is 18.2 Å². The lowest BCUT2D eigenvalue weighted by molar-refractivity contribution is -0.383. The van der Waals surface area contributed by atoms with Gasteiger partial charge in [-0.15, -0.1) is 12.4 Å². The number of carbonyl (C=O) groups is 1. The summed E-state index contributed by atoms with van der Waals surface area (Å²) in [5.41, 5.74) is 11.3. The van der Waals surface area contributed by atoms with Crippen molar-refractivity contribution in [2.24, 2.45) is 5.73 Å². The highest BCUT2D eigenvalue weighted by atomic mass is 35.5. The average Bonchev–Trinajstić information content (AvgIpc) is 2.75. The van der Waals surface area contributed by atoms with Gasteiger partial charge in [0.2, 0.25) is 0 Å². The molecule has 1 aliphatic rings. The standard InChI is InChI=1S/C11H14N4O3.ClH/c12-8-3-4-14(6-8)11(16)7-1-2-9(13)10(5-7)15(17)18;/h1-2,5,8H,3-4,6,12-13H2;1H/t8-;/m1./s1. The number of nitrogen functional groups attached to an aromatic ring is 1. The summed E-state index contributed by atoms with van der Waals surface area (Å²) in [5.74, 6) is -0.244. The van der Waals surface area contributed by atoms with Crippen LogP contribution in [0.5, 0.6) is 0 Å². The molecule has 1 aromatic carbocycles. The molecular weight excluding hydrogens is 272 g/mol. The first kappa shape index (κ1) is 15.2. The van der Waals surface area contributed by atoms with Gasteiger partial charge in [-0.3, -0.25) is 14.9 Å². The van der Waals surface area contributed by atoms with Crippen molar-refractivity contribution in [1.82, 2.24) is 4.90 Å².